The van der Waals surface area contributed by atoms with Crippen molar-refractivity contribution in [1.29, 1.82) is 0 Å². The second-order valence-electron chi connectivity index (χ2n) is 7.50. The van der Waals surface area contributed by atoms with Crippen molar-refractivity contribution in [2.45, 2.75) is 20.3 Å². The first-order chi connectivity index (χ1) is 15.8. The average molecular weight is 450 g/mol. The number of aromatic amines is 1. The topological polar surface area (TPSA) is 119 Å². The Bertz CT molecular complexity index is 1390. The van der Waals surface area contributed by atoms with Crippen molar-refractivity contribution in [3.8, 4) is 17.1 Å². The number of ether oxygens (including phenoxy) is 1. The molecule has 33 heavy (non-hydrogen) atoms. The van der Waals surface area contributed by atoms with Crippen LogP contribution in [-0.4, -0.2) is 32.4 Å². The minimum Gasteiger partial charge on any atom is -0.493 e. The molecule has 2 aromatic carbocycles. The fourth-order valence-corrected chi connectivity index (χ4v) is 3.65. The zero-order valence-electron chi connectivity index (χ0n) is 18.4. The predicted octanol–water partition coefficient (Wildman–Crippen LogP) is 3.78. The van der Waals surface area contributed by atoms with E-state index in [1.54, 1.807) is 32.2 Å². The largest absolute Gasteiger partial charge is 0.493 e. The zero-order valence-corrected chi connectivity index (χ0v) is 18.4. The zero-order chi connectivity index (χ0) is 23.7. The SMILES string of the molecule is CCCOc1ccc(N(C(N)=O)c2ccc(F)cc2)cc1-c1nc2c(c(C)nn2C)c(=O)[nH]1. The van der Waals surface area contributed by atoms with Gasteiger partial charge in [-0.25, -0.2) is 18.9 Å². The molecule has 3 N–H and O–H groups in total. The smallest absolute Gasteiger partial charge is 0.323 e. The summed E-state index contributed by atoms with van der Waals surface area (Å²) in [5, 5.41) is 4.68. The Balaban J connectivity index is 1.91. The molecule has 0 unspecified atom stereocenters. The van der Waals surface area contributed by atoms with E-state index in [1.165, 1.54) is 33.8 Å². The number of hydrogen-bond donors (Lipinski definition) is 2. The molecule has 2 aromatic heterocycles. The van der Waals surface area contributed by atoms with Gasteiger partial charge in [0.1, 0.15) is 22.8 Å². The first kappa shape index (κ1) is 22.0. The van der Waals surface area contributed by atoms with Crippen LogP contribution in [0.2, 0.25) is 0 Å². The van der Waals surface area contributed by atoms with E-state index < -0.39 is 11.8 Å². The van der Waals surface area contributed by atoms with Crippen LogP contribution in [0, 0.1) is 12.7 Å². The highest BCUT2D eigenvalue weighted by molar-refractivity contribution is 5.99. The van der Waals surface area contributed by atoms with E-state index in [4.69, 9.17) is 10.5 Å². The molecule has 2 amide bonds. The number of carbonyl (C=O) groups is 1. The van der Waals surface area contributed by atoms with Crippen molar-refractivity contribution in [3.63, 3.8) is 0 Å². The number of amides is 2. The predicted molar refractivity (Wildman–Crippen MR) is 123 cm³/mol. The van der Waals surface area contributed by atoms with E-state index in [9.17, 15) is 14.0 Å². The summed E-state index contributed by atoms with van der Waals surface area (Å²) in [5.41, 5.74) is 7.55. The number of nitrogens with zero attached hydrogens (tertiary/aromatic N) is 4. The monoisotopic (exact) mass is 450 g/mol. The van der Waals surface area contributed by atoms with Gasteiger partial charge in [-0.3, -0.25) is 9.69 Å². The van der Waals surface area contributed by atoms with E-state index in [-0.39, 0.29) is 11.4 Å². The van der Waals surface area contributed by atoms with Gasteiger partial charge >= 0.3 is 6.03 Å². The first-order valence-electron chi connectivity index (χ1n) is 10.4. The number of rotatable bonds is 6. The number of anilines is 2. The second-order valence-corrected chi connectivity index (χ2v) is 7.50. The van der Waals surface area contributed by atoms with Crippen LogP contribution >= 0.6 is 0 Å². The highest BCUT2D eigenvalue weighted by Crippen LogP contribution is 2.35. The number of hydrogen-bond acceptors (Lipinski definition) is 5. The number of nitrogens with two attached hydrogens (primary N) is 1. The molecule has 0 fully saturated rings. The average Bonchev–Trinajstić information content (AvgIpc) is 3.07. The highest BCUT2D eigenvalue weighted by Gasteiger charge is 2.20. The Labute approximate surface area is 188 Å². The summed E-state index contributed by atoms with van der Waals surface area (Å²) in [4.78, 5) is 33.7. The number of aryl methyl sites for hydroxylation is 2. The van der Waals surface area contributed by atoms with Crippen LogP contribution in [0.1, 0.15) is 19.0 Å². The highest BCUT2D eigenvalue weighted by atomic mass is 19.1. The van der Waals surface area contributed by atoms with E-state index >= 15 is 0 Å². The molecule has 2 heterocycles. The maximum Gasteiger partial charge on any atom is 0.323 e. The van der Waals surface area contributed by atoms with E-state index in [0.717, 1.165) is 6.42 Å². The van der Waals surface area contributed by atoms with Crippen LogP contribution in [0.5, 0.6) is 5.75 Å². The number of carbonyl (C=O) groups excluding carboxylic acids is 1. The second kappa shape index (κ2) is 8.73. The molecular formula is C23H23FN6O3. The summed E-state index contributed by atoms with van der Waals surface area (Å²) in [6.45, 7) is 4.16. The quantitative estimate of drug-likeness (QED) is 0.463. The van der Waals surface area contributed by atoms with Crippen molar-refractivity contribution in [2.24, 2.45) is 12.8 Å². The standard InChI is InChI=1S/C23H23FN6O3/c1-4-11-33-18-10-9-16(30(23(25)32)15-7-5-14(24)6-8-15)12-17(18)20-26-21-19(22(31)27-20)13(2)28-29(21)3/h5-10,12H,4,11H2,1-3H3,(H2,25,32)(H,26,27,31). The number of urea groups is 1. The molecule has 0 spiro atoms. The number of aromatic nitrogens is 4. The van der Waals surface area contributed by atoms with Gasteiger partial charge in [0.05, 0.1) is 29.2 Å². The van der Waals surface area contributed by atoms with Gasteiger partial charge < -0.3 is 15.5 Å². The van der Waals surface area contributed by atoms with Crippen LogP contribution in [0.25, 0.3) is 22.4 Å². The number of fused-ring (bicyclic) bond motifs is 1. The number of benzene rings is 2. The Hall–Kier alpha value is -4.21. The summed E-state index contributed by atoms with van der Waals surface area (Å²) in [5.74, 6) is 0.297. The molecule has 9 nitrogen and oxygen atoms in total. The molecular weight excluding hydrogens is 427 g/mol. The number of nitrogens with one attached hydrogen (secondary N) is 1. The van der Waals surface area contributed by atoms with Gasteiger partial charge in [-0.15, -0.1) is 0 Å². The Morgan fingerprint density at radius 2 is 1.91 bits per heavy atom. The summed E-state index contributed by atoms with van der Waals surface area (Å²) < 4.78 is 20.8. The molecule has 10 heteroatoms. The van der Waals surface area contributed by atoms with Crippen LogP contribution in [0.4, 0.5) is 20.6 Å². The van der Waals surface area contributed by atoms with Crippen LogP contribution < -0.4 is 20.9 Å². The van der Waals surface area contributed by atoms with E-state index in [1.807, 2.05) is 6.92 Å². The van der Waals surface area contributed by atoms with Crippen molar-refractivity contribution >= 4 is 28.4 Å². The number of halogens is 1. The van der Waals surface area contributed by atoms with Gasteiger partial charge in [-0.2, -0.15) is 5.10 Å². The molecule has 0 saturated carbocycles. The summed E-state index contributed by atoms with van der Waals surface area (Å²) >= 11 is 0. The Morgan fingerprint density at radius 3 is 2.58 bits per heavy atom. The molecule has 170 valence electrons. The third-order valence-corrected chi connectivity index (χ3v) is 5.11. The van der Waals surface area contributed by atoms with Crippen LogP contribution in [-0.2, 0) is 7.05 Å². The van der Waals surface area contributed by atoms with Gasteiger partial charge in [-0.05, 0) is 55.8 Å². The van der Waals surface area contributed by atoms with Crippen molar-refractivity contribution in [3.05, 3.63) is 64.3 Å². The molecule has 0 radical (unpaired) electrons. The fraction of sp³-hybridized carbons (Fsp3) is 0.217. The summed E-state index contributed by atoms with van der Waals surface area (Å²) in [6.07, 6.45) is 0.772. The molecule has 0 saturated heterocycles. The summed E-state index contributed by atoms with van der Waals surface area (Å²) in [7, 11) is 1.71. The van der Waals surface area contributed by atoms with Crippen LogP contribution in [0.15, 0.2) is 47.3 Å². The maximum absolute atomic E-state index is 13.4. The molecule has 4 rings (SSSR count). The van der Waals surface area contributed by atoms with Gasteiger partial charge in [-0.1, -0.05) is 6.92 Å². The lowest BCUT2D eigenvalue weighted by Crippen LogP contribution is -2.31. The lowest BCUT2D eigenvalue weighted by molar-refractivity contribution is 0.256. The van der Waals surface area contributed by atoms with Gasteiger partial charge in [0.2, 0.25) is 0 Å². The van der Waals surface area contributed by atoms with Crippen molar-refractivity contribution < 1.29 is 13.9 Å². The minimum atomic E-state index is -0.756. The van der Waals surface area contributed by atoms with Gasteiger partial charge in [0.25, 0.3) is 5.56 Å². The normalized spacial score (nSPS) is 11.0. The molecule has 0 aliphatic rings. The molecule has 4 aromatic rings. The minimum absolute atomic E-state index is 0.256. The molecule has 0 aliphatic carbocycles. The first-order valence-corrected chi connectivity index (χ1v) is 10.4. The molecule has 0 aliphatic heterocycles. The van der Waals surface area contributed by atoms with Crippen molar-refractivity contribution in [1.82, 2.24) is 19.7 Å². The number of primary amides is 1. The molecule has 0 atom stereocenters. The van der Waals surface area contributed by atoms with Gasteiger partial charge in [0.15, 0.2) is 5.65 Å². The fourth-order valence-electron chi connectivity index (χ4n) is 3.65. The van der Waals surface area contributed by atoms with Crippen molar-refractivity contribution in [2.75, 3.05) is 11.5 Å². The van der Waals surface area contributed by atoms with Crippen LogP contribution in [0.3, 0.4) is 0 Å². The Morgan fingerprint density at radius 1 is 1.21 bits per heavy atom. The molecule has 0 bridgehead atoms. The lowest BCUT2D eigenvalue weighted by Gasteiger charge is -2.22. The number of H-pyrrole nitrogens is 1. The van der Waals surface area contributed by atoms with E-state index in [2.05, 4.69) is 15.1 Å². The third-order valence-electron chi connectivity index (χ3n) is 5.11. The van der Waals surface area contributed by atoms with Gasteiger partial charge in [0, 0.05) is 7.05 Å². The maximum atomic E-state index is 13.4. The van der Waals surface area contributed by atoms with E-state index in [0.29, 0.717) is 46.0 Å². The third kappa shape index (κ3) is 4.14. The summed E-state index contributed by atoms with van der Waals surface area (Å²) in [6, 6.07) is 9.61. The lowest BCUT2D eigenvalue weighted by atomic mass is 10.1. The Kier molecular flexibility index (Phi) is 5.82.